The number of hydrogen-bond donors (Lipinski definition) is 0. The fourth-order valence-electron chi connectivity index (χ4n) is 4.12. The first-order valence-electron chi connectivity index (χ1n) is 12.0. The van der Waals surface area contributed by atoms with Crippen LogP contribution in [0.2, 0.25) is 0 Å². The molecule has 0 saturated carbocycles. The molecule has 1 amide bonds. The monoisotopic (exact) mass is 458 g/mol. The summed E-state index contributed by atoms with van der Waals surface area (Å²) in [5.41, 5.74) is 6.64. The summed E-state index contributed by atoms with van der Waals surface area (Å²) in [7, 11) is 3.65. The third kappa shape index (κ3) is 5.96. The van der Waals surface area contributed by atoms with Crippen LogP contribution in [0.3, 0.4) is 0 Å². The second-order valence-electron chi connectivity index (χ2n) is 9.48. The number of anilines is 2. The van der Waals surface area contributed by atoms with Crippen molar-refractivity contribution < 1.29 is 4.79 Å². The van der Waals surface area contributed by atoms with Gasteiger partial charge in [0.05, 0.1) is 28.8 Å². The number of para-hydroxylation sites is 1. The molecule has 34 heavy (non-hydrogen) atoms. The molecule has 2 aromatic carbocycles. The van der Waals surface area contributed by atoms with E-state index in [1.165, 1.54) is 37.2 Å². The molecular formula is C29H38N4O. The van der Waals surface area contributed by atoms with Gasteiger partial charge in [-0.1, -0.05) is 43.3 Å². The van der Waals surface area contributed by atoms with E-state index in [1.54, 1.807) is 18.1 Å². The van der Waals surface area contributed by atoms with Crippen LogP contribution in [0.4, 0.5) is 11.4 Å². The van der Waals surface area contributed by atoms with E-state index in [0.29, 0.717) is 11.3 Å². The van der Waals surface area contributed by atoms with Crippen LogP contribution in [0.5, 0.6) is 0 Å². The van der Waals surface area contributed by atoms with Gasteiger partial charge in [0.15, 0.2) is 0 Å². The van der Waals surface area contributed by atoms with Crippen LogP contribution in [-0.4, -0.2) is 43.7 Å². The van der Waals surface area contributed by atoms with Gasteiger partial charge in [-0.05, 0) is 63.8 Å². The maximum absolute atomic E-state index is 12.6. The van der Waals surface area contributed by atoms with Gasteiger partial charge in [-0.2, -0.15) is 0 Å². The van der Waals surface area contributed by atoms with Crippen LogP contribution in [0.25, 0.3) is 0 Å². The molecule has 0 unspecified atom stereocenters. The Hall–Kier alpha value is -3.34. The maximum Gasteiger partial charge on any atom is 0.260 e. The van der Waals surface area contributed by atoms with Gasteiger partial charge in [0.2, 0.25) is 0 Å². The average Bonchev–Trinajstić information content (AvgIpc) is 2.90. The van der Waals surface area contributed by atoms with E-state index in [4.69, 9.17) is 0 Å². The third-order valence-corrected chi connectivity index (χ3v) is 6.49. The number of nitrogens with zero attached hydrogens (tertiary/aromatic N) is 4. The van der Waals surface area contributed by atoms with Crippen molar-refractivity contribution in [2.45, 2.75) is 40.5 Å². The topological polar surface area (TPSA) is 39.2 Å². The number of rotatable bonds is 2. The number of aryl methyl sites for hydroxylation is 1. The Balaban J connectivity index is 0.000000202. The molecule has 1 fully saturated rings. The zero-order valence-corrected chi connectivity index (χ0v) is 21.5. The molecule has 0 bridgehead atoms. The lowest BCUT2D eigenvalue weighted by molar-refractivity contribution is 0.0841. The molecule has 5 heteroatoms. The first-order chi connectivity index (χ1) is 16.2. The van der Waals surface area contributed by atoms with Crippen LogP contribution in [0, 0.1) is 12.8 Å². The summed E-state index contributed by atoms with van der Waals surface area (Å²) < 4.78 is 0. The molecule has 0 spiro atoms. The van der Waals surface area contributed by atoms with E-state index in [1.807, 2.05) is 50.1 Å². The molecule has 2 aromatic rings. The van der Waals surface area contributed by atoms with Crippen molar-refractivity contribution >= 4 is 23.0 Å². The van der Waals surface area contributed by atoms with Crippen molar-refractivity contribution in [2.24, 2.45) is 10.9 Å². The molecule has 1 saturated heterocycles. The highest BCUT2D eigenvalue weighted by Crippen LogP contribution is 2.32. The number of amides is 1. The molecular weight excluding hydrogens is 420 g/mol. The Morgan fingerprint density at radius 3 is 2.24 bits per heavy atom. The average molecular weight is 459 g/mol. The van der Waals surface area contributed by atoms with Crippen molar-refractivity contribution in [3.63, 3.8) is 0 Å². The van der Waals surface area contributed by atoms with Crippen LogP contribution in [-0.2, 0) is 0 Å². The van der Waals surface area contributed by atoms with E-state index in [-0.39, 0.29) is 5.91 Å². The zero-order valence-electron chi connectivity index (χ0n) is 21.5. The highest BCUT2D eigenvalue weighted by Gasteiger charge is 2.28. The summed E-state index contributed by atoms with van der Waals surface area (Å²) in [5, 5.41) is 0. The van der Waals surface area contributed by atoms with E-state index in [2.05, 4.69) is 54.6 Å². The minimum atomic E-state index is -0.0543. The van der Waals surface area contributed by atoms with Gasteiger partial charge < -0.3 is 14.7 Å². The second kappa shape index (κ2) is 11.2. The molecule has 0 N–H and O–H groups in total. The van der Waals surface area contributed by atoms with E-state index in [9.17, 15) is 4.79 Å². The van der Waals surface area contributed by atoms with Crippen LogP contribution in [0.1, 0.15) is 49.5 Å². The molecule has 2 heterocycles. The third-order valence-electron chi connectivity index (χ3n) is 6.49. The summed E-state index contributed by atoms with van der Waals surface area (Å²) in [6, 6.07) is 16.4. The van der Waals surface area contributed by atoms with Gasteiger partial charge in [-0.25, -0.2) is 0 Å². The lowest BCUT2D eigenvalue weighted by Gasteiger charge is -2.32. The summed E-state index contributed by atoms with van der Waals surface area (Å²) in [4.78, 5) is 22.9. The van der Waals surface area contributed by atoms with Crippen molar-refractivity contribution in [3.05, 3.63) is 83.8 Å². The maximum atomic E-state index is 12.6. The second-order valence-corrected chi connectivity index (χ2v) is 9.48. The normalized spacial score (nSPS) is 17.7. The summed E-state index contributed by atoms with van der Waals surface area (Å²) in [6.45, 7) is 14.9. The van der Waals surface area contributed by atoms with E-state index < -0.39 is 0 Å². The number of carbonyl (C=O) groups is 1. The Labute approximate surface area is 205 Å². The molecule has 0 aliphatic carbocycles. The van der Waals surface area contributed by atoms with Crippen LogP contribution in [0.15, 0.2) is 77.7 Å². The molecule has 0 atom stereocenters. The quantitative estimate of drug-likeness (QED) is 0.498. The molecule has 4 rings (SSSR count). The number of carbonyl (C=O) groups excluding carboxylic acids is 1. The smallest absolute Gasteiger partial charge is 0.260 e. The fraction of sp³-hybridized carbons (Fsp3) is 0.379. The SMILES string of the molecule is C=C1/C(=C\N=C(C)C)N(C)C(=O)c2ccccc2N1C.Cc1ccc(N2CCC(C)CC2)cc1. The summed E-state index contributed by atoms with van der Waals surface area (Å²) >= 11 is 0. The highest BCUT2D eigenvalue weighted by molar-refractivity contribution is 6.02. The van der Waals surface area contributed by atoms with Gasteiger partial charge in [-0.15, -0.1) is 0 Å². The molecule has 2 aliphatic heterocycles. The largest absolute Gasteiger partial charge is 0.372 e. The minimum absolute atomic E-state index is 0.0543. The number of likely N-dealkylation sites (N-methyl/N-ethyl adjacent to an activating group) is 2. The van der Waals surface area contributed by atoms with Gasteiger partial charge in [0, 0.05) is 38.6 Å². The number of piperidine rings is 1. The Kier molecular flexibility index (Phi) is 8.32. The standard InChI is InChI=1S/C16H19N3O.C13H19N/c1-11(2)17-10-15-12(3)18(4)14-9-7-6-8-13(14)16(20)19(15)5;1-11-3-5-13(6-4-11)14-9-7-12(2)8-10-14/h6-10H,3H2,1-2,4-5H3;3-6,12H,7-10H2,1-2H3/b15-10+;. The fourth-order valence-corrected chi connectivity index (χ4v) is 4.12. The highest BCUT2D eigenvalue weighted by atomic mass is 16.2. The van der Waals surface area contributed by atoms with E-state index in [0.717, 1.165) is 23.0 Å². The van der Waals surface area contributed by atoms with Gasteiger partial charge in [0.25, 0.3) is 5.91 Å². The lowest BCUT2D eigenvalue weighted by atomic mass is 9.99. The van der Waals surface area contributed by atoms with Gasteiger partial charge in [0.1, 0.15) is 0 Å². The Bertz CT molecular complexity index is 1070. The summed E-state index contributed by atoms with van der Waals surface area (Å²) in [6.07, 6.45) is 4.37. The molecule has 2 aliphatic rings. The Morgan fingerprint density at radius 2 is 1.62 bits per heavy atom. The van der Waals surface area contributed by atoms with Crippen molar-refractivity contribution in [1.29, 1.82) is 0 Å². The lowest BCUT2D eigenvalue weighted by Crippen LogP contribution is -2.32. The number of hydrogen-bond acceptors (Lipinski definition) is 4. The molecule has 0 aromatic heterocycles. The van der Waals surface area contributed by atoms with Gasteiger partial charge in [-0.3, -0.25) is 9.79 Å². The van der Waals surface area contributed by atoms with Gasteiger partial charge >= 0.3 is 0 Å². The predicted molar refractivity (Wildman–Crippen MR) is 145 cm³/mol. The minimum Gasteiger partial charge on any atom is -0.372 e. The van der Waals surface area contributed by atoms with Crippen LogP contribution < -0.4 is 9.80 Å². The van der Waals surface area contributed by atoms with Crippen molar-refractivity contribution in [2.75, 3.05) is 37.0 Å². The molecule has 0 radical (unpaired) electrons. The van der Waals surface area contributed by atoms with Crippen LogP contribution >= 0.6 is 0 Å². The summed E-state index contributed by atoms with van der Waals surface area (Å²) in [5.74, 6) is 0.859. The first-order valence-corrected chi connectivity index (χ1v) is 12.0. The molecule has 5 nitrogen and oxygen atoms in total. The number of fused-ring (bicyclic) bond motifs is 1. The van der Waals surface area contributed by atoms with Crippen molar-refractivity contribution in [3.8, 4) is 0 Å². The first kappa shape index (κ1) is 25.3. The zero-order chi connectivity index (χ0) is 24.8. The number of aliphatic imine (C=N–C) groups is 1. The number of benzene rings is 2. The Morgan fingerprint density at radius 1 is 1.00 bits per heavy atom. The van der Waals surface area contributed by atoms with E-state index >= 15 is 0 Å². The van der Waals surface area contributed by atoms with Crippen molar-refractivity contribution in [1.82, 2.24) is 4.90 Å². The predicted octanol–water partition coefficient (Wildman–Crippen LogP) is 6.28. The molecule has 180 valence electrons.